The summed E-state index contributed by atoms with van der Waals surface area (Å²) in [5.41, 5.74) is 5.98. The maximum Gasteiger partial charge on any atom is 0.305 e. The highest BCUT2D eigenvalue weighted by molar-refractivity contribution is 6.35. The van der Waals surface area contributed by atoms with Gasteiger partial charge in [-0.15, -0.1) is 0 Å². The number of rotatable bonds is 8. The van der Waals surface area contributed by atoms with E-state index in [-0.39, 0.29) is 24.9 Å². The Morgan fingerprint density at radius 3 is 2.26 bits per heavy atom. The van der Waals surface area contributed by atoms with Gasteiger partial charge < -0.3 is 10.4 Å². The maximum atomic E-state index is 12.4. The van der Waals surface area contributed by atoms with E-state index in [0.29, 0.717) is 15.6 Å². The standard InChI is InChI=1S/C30H24Cl2N4O3/c1-18(19-2-4-21(5-3-19)30(39)34-13-10-28(37)38)36-27-16-22(20-8-11-33-12-9-20)6-7-26(27)29(35-36)23-14-24(31)17-25(32)15-23/h2-9,11-12,14-18H,10,13H2,1H3,(H,34,39)(H,37,38)/t18-/m0/s1. The monoisotopic (exact) mass is 558 g/mol. The molecule has 0 unspecified atom stereocenters. The lowest BCUT2D eigenvalue weighted by Gasteiger charge is -2.15. The summed E-state index contributed by atoms with van der Waals surface area (Å²) in [5.74, 6) is -1.28. The number of hydrogen-bond acceptors (Lipinski definition) is 4. The number of carboxylic acids is 1. The molecule has 1 atom stereocenters. The van der Waals surface area contributed by atoms with Crippen LogP contribution in [0.4, 0.5) is 0 Å². The molecular weight excluding hydrogens is 535 g/mol. The molecule has 0 aliphatic rings. The Labute approximate surface area is 235 Å². The number of carboxylic acid groups (broad SMARTS) is 1. The fourth-order valence-electron chi connectivity index (χ4n) is 4.50. The van der Waals surface area contributed by atoms with Gasteiger partial charge >= 0.3 is 5.97 Å². The Balaban J connectivity index is 1.55. The van der Waals surface area contributed by atoms with Crippen molar-refractivity contribution in [3.63, 3.8) is 0 Å². The van der Waals surface area contributed by atoms with Crippen LogP contribution in [0.25, 0.3) is 33.3 Å². The van der Waals surface area contributed by atoms with Gasteiger partial charge in [0.2, 0.25) is 0 Å². The quantitative estimate of drug-likeness (QED) is 0.216. The van der Waals surface area contributed by atoms with Crippen LogP contribution in [-0.2, 0) is 4.79 Å². The Kier molecular flexibility index (Phi) is 7.63. The fraction of sp³-hybridized carbons (Fsp3) is 0.133. The van der Waals surface area contributed by atoms with Crippen LogP contribution in [0.1, 0.15) is 35.3 Å². The van der Waals surface area contributed by atoms with Crippen LogP contribution in [0.2, 0.25) is 10.0 Å². The van der Waals surface area contributed by atoms with E-state index in [1.165, 1.54) is 0 Å². The van der Waals surface area contributed by atoms with E-state index in [9.17, 15) is 9.59 Å². The van der Waals surface area contributed by atoms with Crippen LogP contribution in [0.15, 0.2) is 85.2 Å². The van der Waals surface area contributed by atoms with Gasteiger partial charge in [-0.2, -0.15) is 5.10 Å². The fourth-order valence-corrected chi connectivity index (χ4v) is 5.03. The molecule has 196 valence electrons. The lowest BCUT2D eigenvalue weighted by molar-refractivity contribution is -0.136. The lowest BCUT2D eigenvalue weighted by atomic mass is 10.0. The van der Waals surface area contributed by atoms with Crippen LogP contribution >= 0.6 is 23.2 Å². The second kappa shape index (κ2) is 11.3. The third kappa shape index (κ3) is 5.79. The van der Waals surface area contributed by atoms with Crippen molar-refractivity contribution in [2.24, 2.45) is 0 Å². The van der Waals surface area contributed by atoms with Gasteiger partial charge in [0.1, 0.15) is 5.69 Å². The molecule has 2 N–H and O–H groups in total. The smallest absolute Gasteiger partial charge is 0.305 e. The molecule has 5 aromatic rings. The molecule has 0 radical (unpaired) electrons. The molecule has 0 saturated heterocycles. The summed E-state index contributed by atoms with van der Waals surface area (Å²) in [7, 11) is 0. The second-order valence-electron chi connectivity index (χ2n) is 9.12. The minimum Gasteiger partial charge on any atom is -0.481 e. The first-order chi connectivity index (χ1) is 18.8. The molecule has 3 aromatic carbocycles. The zero-order valence-electron chi connectivity index (χ0n) is 20.9. The van der Waals surface area contributed by atoms with E-state index < -0.39 is 5.97 Å². The molecule has 9 heteroatoms. The minimum atomic E-state index is -0.961. The van der Waals surface area contributed by atoms with E-state index in [4.69, 9.17) is 33.4 Å². The number of amides is 1. The van der Waals surface area contributed by atoms with E-state index in [2.05, 4.69) is 28.5 Å². The lowest BCUT2D eigenvalue weighted by Crippen LogP contribution is -2.26. The number of fused-ring (bicyclic) bond motifs is 1. The average molecular weight is 559 g/mol. The predicted molar refractivity (Wildman–Crippen MR) is 153 cm³/mol. The zero-order valence-corrected chi connectivity index (χ0v) is 22.4. The zero-order chi connectivity index (χ0) is 27.5. The molecule has 0 spiro atoms. The molecule has 0 aliphatic heterocycles. The van der Waals surface area contributed by atoms with Gasteiger partial charge in [-0.05, 0) is 78.2 Å². The number of nitrogens with one attached hydrogen (secondary N) is 1. The van der Waals surface area contributed by atoms with Crippen molar-refractivity contribution in [1.29, 1.82) is 0 Å². The Morgan fingerprint density at radius 1 is 0.897 bits per heavy atom. The van der Waals surface area contributed by atoms with Crippen molar-refractivity contribution in [2.75, 3.05) is 6.54 Å². The Hall–Kier alpha value is -4.20. The number of pyridine rings is 1. The number of aliphatic carboxylic acids is 1. The summed E-state index contributed by atoms with van der Waals surface area (Å²) >= 11 is 12.6. The maximum absolute atomic E-state index is 12.4. The summed E-state index contributed by atoms with van der Waals surface area (Å²) < 4.78 is 1.96. The van der Waals surface area contributed by atoms with Crippen LogP contribution in [0.5, 0.6) is 0 Å². The van der Waals surface area contributed by atoms with Crippen molar-refractivity contribution >= 4 is 46.0 Å². The Morgan fingerprint density at radius 2 is 1.59 bits per heavy atom. The predicted octanol–water partition coefficient (Wildman–Crippen LogP) is 6.89. The molecule has 39 heavy (non-hydrogen) atoms. The molecule has 1 amide bonds. The van der Waals surface area contributed by atoms with Crippen molar-refractivity contribution in [2.45, 2.75) is 19.4 Å². The van der Waals surface area contributed by atoms with E-state index in [0.717, 1.165) is 38.9 Å². The van der Waals surface area contributed by atoms with Gasteiger partial charge in [-0.1, -0.05) is 41.4 Å². The number of nitrogens with zero attached hydrogens (tertiary/aromatic N) is 3. The summed E-state index contributed by atoms with van der Waals surface area (Å²) in [6.45, 7) is 2.12. The normalized spacial score (nSPS) is 11.9. The van der Waals surface area contributed by atoms with E-state index in [1.807, 2.05) is 48.0 Å². The molecule has 7 nitrogen and oxygen atoms in total. The summed E-state index contributed by atoms with van der Waals surface area (Å²) in [4.78, 5) is 27.2. The number of carbonyl (C=O) groups excluding carboxylic acids is 1. The second-order valence-corrected chi connectivity index (χ2v) is 9.99. The van der Waals surface area contributed by atoms with Crippen molar-refractivity contribution in [3.8, 4) is 22.4 Å². The summed E-state index contributed by atoms with van der Waals surface area (Å²) in [6, 6.07) is 22.6. The molecular formula is C30H24Cl2N4O3. The molecule has 2 aromatic heterocycles. The summed E-state index contributed by atoms with van der Waals surface area (Å²) in [6.07, 6.45) is 3.39. The molecule has 0 saturated carbocycles. The number of benzene rings is 3. The first kappa shape index (κ1) is 26.4. The number of hydrogen-bond donors (Lipinski definition) is 2. The van der Waals surface area contributed by atoms with Crippen LogP contribution in [0.3, 0.4) is 0 Å². The molecule has 0 bridgehead atoms. The van der Waals surface area contributed by atoms with Crippen LogP contribution in [-0.4, -0.2) is 38.3 Å². The van der Waals surface area contributed by atoms with Crippen LogP contribution in [0, 0.1) is 0 Å². The van der Waals surface area contributed by atoms with Gasteiger partial charge in [0.15, 0.2) is 0 Å². The highest BCUT2D eigenvalue weighted by Crippen LogP contribution is 2.36. The van der Waals surface area contributed by atoms with Gasteiger partial charge in [0, 0.05) is 45.5 Å². The van der Waals surface area contributed by atoms with Gasteiger partial charge in [0.05, 0.1) is 18.0 Å². The van der Waals surface area contributed by atoms with Gasteiger partial charge in [0.25, 0.3) is 5.91 Å². The number of carbonyl (C=O) groups is 2. The van der Waals surface area contributed by atoms with Gasteiger partial charge in [-0.25, -0.2) is 0 Å². The van der Waals surface area contributed by atoms with Crippen molar-refractivity contribution < 1.29 is 14.7 Å². The molecule has 0 aliphatic carbocycles. The SMILES string of the molecule is C[C@@H](c1ccc(C(=O)NCCC(=O)O)cc1)n1nc(-c2cc(Cl)cc(Cl)c2)c2ccc(-c3ccncc3)cc21. The number of halogens is 2. The summed E-state index contributed by atoms with van der Waals surface area (Å²) in [5, 5.41) is 18.4. The first-order valence-electron chi connectivity index (χ1n) is 12.3. The first-order valence-corrected chi connectivity index (χ1v) is 13.0. The largest absolute Gasteiger partial charge is 0.481 e. The molecule has 0 fully saturated rings. The van der Waals surface area contributed by atoms with Crippen molar-refractivity contribution in [3.05, 3.63) is 106 Å². The molecule has 2 heterocycles. The topological polar surface area (TPSA) is 97.1 Å². The van der Waals surface area contributed by atoms with E-state index in [1.54, 1.807) is 30.6 Å². The highest BCUT2D eigenvalue weighted by Gasteiger charge is 2.19. The highest BCUT2D eigenvalue weighted by atomic mass is 35.5. The van der Waals surface area contributed by atoms with E-state index >= 15 is 0 Å². The number of aromatic nitrogens is 3. The minimum absolute atomic E-state index is 0.0711. The average Bonchev–Trinajstić information content (AvgIpc) is 3.31. The van der Waals surface area contributed by atoms with Gasteiger partial charge in [-0.3, -0.25) is 19.3 Å². The third-order valence-electron chi connectivity index (χ3n) is 6.50. The van der Waals surface area contributed by atoms with Crippen molar-refractivity contribution in [1.82, 2.24) is 20.1 Å². The Bertz CT molecular complexity index is 1650. The molecule has 5 rings (SSSR count). The third-order valence-corrected chi connectivity index (χ3v) is 6.94. The van der Waals surface area contributed by atoms with Crippen LogP contribution < -0.4 is 5.32 Å².